The summed E-state index contributed by atoms with van der Waals surface area (Å²) in [6.07, 6.45) is 13.5. The van der Waals surface area contributed by atoms with Gasteiger partial charge in [-0.15, -0.1) is 0 Å². The lowest BCUT2D eigenvalue weighted by Gasteiger charge is -2.23. The number of nitrogens with zero attached hydrogens (tertiary/aromatic N) is 4. The zero-order valence-corrected chi connectivity index (χ0v) is 20.8. The Hall–Kier alpha value is -4.13. The van der Waals surface area contributed by atoms with Gasteiger partial charge in [0.1, 0.15) is 5.82 Å². The average Bonchev–Trinajstić information content (AvgIpc) is 3.37. The van der Waals surface area contributed by atoms with Crippen LogP contribution in [0.2, 0.25) is 0 Å². The Morgan fingerprint density at radius 2 is 1.59 bits per heavy atom. The van der Waals surface area contributed by atoms with Crippen LogP contribution in [0.1, 0.15) is 59.3 Å². The molecule has 0 amide bonds. The molecule has 3 heterocycles. The molecule has 7 heteroatoms. The minimum absolute atomic E-state index is 0.0785. The molecule has 6 rings (SSSR count). The number of carbonyl (C=O) groups is 1. The number of hydrogen-bond donors (Lipinski definition) is 2. The molecule has 1 saturated carbocycles. The van der Waals surface area contributed by atoms with Crippen molar-refractivity contribution in [2.24, 2.45) is 0 Å². The standard InChI is InChI=1S/C30H30N6O/c37-28(22-11-13-24-27(19-22)32-17-16-31-24)18-21-8-6-20(7-9-21)10-12-25-29-26(36-35-25)14-15-33-30(29)34-23-4-2-1-3-5-23/h6-9,11,13-17,19,23H,1-5,10,12,18H2,(H,33,34)(H,35,36). The highest BCUT2D eigenvalue weighted by Gasteiger charge is 2.17. The van der Waals surface area contributed by atoms with Gasteiger partial charge in [0.2, 0.25) is 0 Å². The molecule has 1 aliphatic carbocycles. The smallest absolute Gasteiger partial charge is 0.167 e. The van der Waals surface area contributed by atoms with E-state index in [2.05, 4.69) is 54.7 Å². The van der Waals surface area contributed by atoms with E-state index in [4.69, 9.17) is 0 Å². The van der Waals surface area contributed by atoms with E-state index in [1.807, 2.05) is 30.5 Å². The quantitative estimate of drug-likeness (QED) is 0.265. The number of anilines is 1. The molecule has 0 unspecified atom stereocenters. The first-order chi connectivity index (χ1) is 18.2. The van der Waals surface area contributed by atoms with Gasteiger partial charge in [0.05, 0.1) is 21.9 Å². The Morgan fingerprint density at radius 3 is 2.43 bits per heavy atom. The predicted molar refractivity (Wildman–Crippen MR) is 146 cm³/mol. The number of Topliss-reactive ketones (excluding diaryl/α,β-unsaturated/α-hetero) is 1. The lowest BCUT2D eigenvalue weighted by molar-refractivity contribution is 0.0993. The molecule has 1 aliphatic rings. The number of aromatic nitrogens is 5. The summed E-state index contributed by atoms with van der Waals surface area (Å²) in [4.78, 5) is 26.1. The number of fused-ring (bicyclic) bond motifs is 2. The Bertz CT molecular complexity index is 1540. The highest BCUT2D eigenvalue weighted by atomic mass is 16.1. The highest BCUT2D eigenvalue weighted by molar-refractivity contribution is 6.00. The summed E-state index contributed by atoms with van der Waals surface area (Å²) in [6.45, 7) is 0. The Balaban J connectivity index is 1.11. The molecule has 2 aromatic carbocycles. The maximum Gasteiger partial charge on any atom is 0.167 e. The number of ketones is 1. The summed E-state index contributed by atoms with van der Waals surface area (Å²) < 4.78 is 0. The van der Waals surface area contributed by atoms with E-state index in [9.17, 15) is 4.79 Å². The van der Waals surface area contributed by atoms with Gasteiger partial charge in [-0.05, 0) is 61.1 Å². The van der Waals surface area contributed by atoms with E-state index in [-0.39, 0.29) is 5.78 Å². The number of aromatic amines is 1. The molecule has 0 saturated heterocycles. The molecule has 3 aromatic heterocycles. The molecule has 7 nitrogen and oxygen atoms in total. The number of pyridine rings is 1. The molecule has 0 radical (unpaired) electrons. The molecule has 0 aliphatic heterocycles. The van der Waals surface area contributed by atoms with E-state index in [1.165, 1.54) is 37.7 Å². The number of carbonyl (C=O) groups excluding carboxylic acids is 1. The third-order valence-corrected chi connectivity index (χ3v) is 7.33. The Kier molecular flexibility index (Phi) is 6.58. The third-order valence-electron chi connectivity index (χ3n) is 7.33. The number of rotatable bonds is 8. The van der Waals surface area contributed by atoms with Crippen molar-refractivity contribution >= 4 is 33.5 Å². The fraction of sp³-hybridized carbons (Fsp3) is 0.300. The predicted octanol–water partition coefficient (Wildman–Crippen LogP) is 5.86. The van der Waals surface area contributed by atoms with E-state index in [0.717, 1.165) is 51.9 Å². The first kappa shape index (κ1) is 23.3. The molecular formula is C30H30N6O. The van der Waals surface area contributed by atoms with Crippen molar-refractivity contribution in [2.75, 3.05) is 5.32 Å². The minimum Gasteiger partial charge on any atom is -0.367 e. The molecule has 186 valence electrons. The summed E-state index contributed by atoms with van der Waals surface area (Å²) >= 11 is 0. The van der Waals surface area contributed by atoms with Gasteiger partial charge in [0.15, 0.2) is 5.78 Å². The minimum atomic E-state index is 0.0785. The van der Waals surface area contributed by atoms with E-state index in [1.54, 1.807) is 12.4 Å². The van der Waals surface area contributed by atoms with Crippen molar-refractivity contribution in [3.63, 3.8) is 0 Å². The monoisotopic (exact) mass is 490 g/mol. The van der Waals surface area contributed by atoms with Crippen molar-refractivity contribution in [3.05, 3.63) is 89.5 Å². The second kappa shape index (κ2) is 10.5. The molecular weight excluding hydrogens is 460 g/mol. The maximum absolute atomic E-state index is 12.9. The fourth-order valence-electron chi connectivity index (χ4n) is 5.27. The van der Waals surface area contributed by atoms with Crippen molar-refractivity contribution in [3.8, 4) is 0 Å². The van der Waals surface area contributed by atoms with Crippen LogP contribution in [0.25, 0.3) is 21.9 Å². The van der Waals surface area contributed by atoms with Gasteiger partial charge in [-0.25, -0.2) is 4.98 Å². The summed E-state index contributed by atoms with van der Waals surface area (Å²) in [6, 6.07) is 16.3. The van der Waals surface area contributed by atoms with Gasteiger partial charge < -0.3 is 5.32 Å². The van der Waals surface area contributed by atoms with Gasteiger partial charge >= 0.3 is 0 Å². The Morgan fingerprint density at radius 1 is 0.811 bits per heavy atom. The summed E-state index contributed by atoms with van der Waals surface area (Å²) in [5.74, 6) is 1.02. The van der Waals surface area contributed by atoms with Gasteiger partial charge in [-0.2, -0.15) is 5.10 Å². The third kappa shape index (κ3) is 5.21. The van der Waals surface area contributed by atoms with Crippen LogP contribution in [0.5, 0.6) is 0 Å². The van der Waals surface area contributed by atoms with E-state index < -0.39 is 0 Å². The van der Waals surface area contributed by atoms with Crippen molar-refractivity contribution in [1.29, 1.82) is 0 Å². The molecule has 1 fully saturated rings. The number of hydrogen-bond acceptors (Lipinski definition) is 6. The normalized spacial score (nSPS) is 14.3. The maximum atomic E-state index is 12.9. The molecule has 0 atom stereocenters. The molecule has 5 aromatic rings. The zero-order chi connectivity index (χ0) is 25.0. The largest absolute Gasteiger partial charge is 0.367 e. The van der Waals surface area contributed by atoms with Gasteiger partial charge in [-0.1, -0.05) is 43.5 Å². The first-order valence-corrected chi connectivity index (χ1v) is 13.1. The van der Waals surface area contributed by atoms with Crippen LogP contribution in [-0.4, -0.2) is 37.0 Å². The number of aryl methyl sites for hydroxylation is 2. The van der Waals surface area contributed by atoms with E-state index >= 15 is 0 Å². The second-order valence-electron chi connectivity index (χ2n) is 9.91. The second-order valence-corrected chi connectivity index (χ2v) is 9.91. The topological polar surface area (TPSA) is 96.5 Å². The summed E-state index contributed by atoms with van der Waals surface area (Å²) in [5, 5.41) is 12.6. The van der Waals surface area contributed by atoms with Crippen LogP contribution in [0.4, 0.5) is 5.82 Å². The van der Waals surface area contributed by atoms with Gasteiger partial charge in [-0.3, -0.25) is 19.9 Å². The number of H-pyrrole nitrogens is 1. The van der Waals surface area contributed by atoms with Crippen molar-refractivity contribution < 1.29 is 4.79 Å². The van der Waals surface area contributed by atoms with Crippen LogP contribution in [-0.2, 0) is 19.3 Å². The van der Waals surface area contributed by atoms with Crippen LogP contribution in [0.15, 0.2) is 67.1 Å². The fourth-order valence-corrected chi connectivity index (χ4v) is 5.27. The van der Waals surface area contributed by atoms with Crippen molar-refractivity contribution in [1.82, 2.24) is 25.1 Å². The van der Waals surface area contributed by atoms with Crippen molar-refractivity contribution in [2.45, 2.75) is 57.4 Å². The summed E-state index contributed by atoms with van der Waals surface area (Å²) in [7, 11) is 0. The highest BCUT2D eigenvalue weighted by Crippen LogP contribution is 2.28. The van der Waals surface area contributed by atoms with E-state index in [0.29, 0.717) is 18.0 Å². The van der Waals surface area contributed by atoms with Gasteiger partial charge in [0, 0.05) is 42.3 Å². The van der Waals surface area contributed by atoms with Crippen LogP contribution < -0.4 is 5.32 Å². The zero-order valence-electron chi connectivity index (χ0n) is 20.8. The molecule has 37 heavy (non-hydrogen) atoms. The molecule has 0 bridgehead atoms. The SMILES string of the molecule is O=C(Cc1ccc(CCc2[nH]nc3ccnc(NC4CCCCC4)c23)cc1)c1ccc2nccnc2c1. The average molecular weight is 491 g/mol. The van der Waals surface area contributed by atoms with Crippen LogP contribution in [0.3, 0.4) is 0 Å². The Labute approximate surface area is 215 Å². The lowest BCUT2D eigenvalue weighted by atomic mass is 9.95. The molecule has 0 spiro atoms. The number of benzene rings is 2. The summed E-state index contributed by atoms with van der Waals surface area (Å²) in [5.41, 5.74) is 6.49. The van der Waals surface area contributed by atoms with Crippen LogP contribution in [0, 0.1) is 0 Å². The number of nitrogens with one attached hydrogen (secondary N) is 2. The van der Waals surface area contributed by atoms with Crippen LogP contribution >= 0.6 is 0 Å². The van der Waals surface area contributed by atoms with Gasteiger partial charge in [0.25, 0.3) is 0 Å². The first-order valence-electron chi connectivity index (χ1n) is 13.1. The molecule has 2 N–H and O–H groups in total. The lowest BCUT2D eigenvalue weighted by Crippen LogP contribution is -2.23.